The summed E-state index contributed by atoms with van der Waals surface area (Å²) < 4.78 is 0. The summed E-state index contributed by atoms with van der Waals surface area (Å²) in [7, 11) is 0. The number of hydrogen-bond donors (Lipinski definition) is 1. The second-order valence-corrected chi connectivity index (χ2v) is 3.58. The molecular weight excluding hydrogens is 194 g/mol. The fourth-order valence-electron chi connectivity index (χ4n) is 1.59. The van der Waals surface area contributed by atoms with Crippen LogP contribution in [0.1, 0.15) is 30.3 Å². The van der Waals surface area contributed by atoms with Crippen LogP contribution in [0.25, 0.3) is 0 Å². The van der Waals surface area contributed by atoms with Crippen molar-refractivity contribution in [3.63, 3.8) is 0 Å². The molecule has 2 rings (SSSR count). The van der Waals surface area contributed by atoms with E-state index in [9.17, 15) is 4.79 Å². The first-order valence-corrected chi connectivity index (χ1v) is 5.04. The normalized spacial score (nSPS) is 15.0. The minimum atomic E-state index is -1.03. The Morgan fingerprint density at radius 2 is 2.33 bits per heavy atom. The molecule has 5 heteroatoms. The fourth-order valence-corrected chi connectivity index (χ4v) is 1.59. The predicted octanol–water partition coefficient (Wildman–Crippen LogP) is 1.16. The molecule has 15 heavy (non-hydrogen) atoms. The van der Waals surface area contributed by atoms with Crippen molar-refractivity contribution in [3.8, 4) is 0 Å². The van der Waals surface area contributed by atoms with E-state index in [0.29, 0.717) is 11.9 Å². The lowest BCUT2D eigenvalue weighted by molar-refractivity contribution is 0.0690. The van der Waals surface area contributed by atoms with Crippen LogP contribution >= 0.6 is 0 Å². The van der Waals surface area contributed by atoms with Crippen LogP contribution in [0.4, 0.5) is 5.82 Å². The Labute approximate surface area is 87.8 Å². The lowest BCUT2D eigenvalue weighted by Crippen LogP contribution is -2.26. The lowest BCUT2D eigenvalue weighted by Gasteiger charge is -2.20. The highest BCUT2D eigenvalue weighted by Crippen LogP contribution is 2.29. The van der Waals surface area contributed by atoms with E-state index in [1.165, 1.54) is 6.20 Å². The fraction of sp³-hybridized carbons (Fsp3) is 0.500. The van der Waals surface area contributed by atoms with Gasteiger partial charge in [0, 0.05) is 12.6 Å². The zero-order chi connectivity index (χ0) is 10.8. The van der Waals surface area contributed by atoms with Gasteiger partial charge in [-0.3, -0.25) is 4.98 Å². The number of nitrogens with zero attached hydrogens (tertiary/aromatic N) is 3. The van der Waals surface area contributed by atoms with Crippen molar-refractivity contribution in [2.45, 2.75) is 25.8 Å². The lowest BCUT2D eigenvalue weighted by atomic mass is 10.4. The second-order valence-electron chi connectivity index (χ2n) is 3.58. The number of aromatic nitrogens is 2. The van der Waals surface area contributed by atoms with Crippen molar-refractivity contribution in [1.82, 2.24) is 9.97 Å². The van der Waals surface area contributed by atoms with E-state index >= 15 is 0 Å². The summed E-state index contributed by atoms with van der Waals surface area (Å²) in [6.45, 7) is 2.87. The monoisotopic (exact) mass is 207 g/mol. The Morgan fingerprint density at radius 3 is 2.87 bits per heavy atom. The van der Waals surface area contributed by atoms with Crippen molar-refractivity contribution >= 4 is 11.8 Å². The zero-order valence-electron chi connectivity index (χ0n) is 8.55. The van der Waals surface area contributed by atoms with E-state index in [2.05, 4.69) is 14.9 Å². The van der Waals surface area contributed by atoms with Gasteiger partial charge in [-0.1, -0.05) is 0 Å². The Kier molecular flexibility index (Phi) is 2.53. The molecule has 1 aliphatic rings. The second kappa shape index (κ2) is 3.84. The third-order valence-electron chi connectivity index (χ3n) is 2.46. The molecule has 1 fully saturated rings. The molecule has 0 saturated heterocycles. The van der Waals surface area contributed by atoms with E-state index in [4.69, 9.17) is 5.11 Å². The van der Waals surface area contributed by atoms with Gasteiger partial charge in [-0.2, -0.15) is 0 Å². The largest absolute Gasteiger partial charge is 0.476 e. The van der Waals surface area contributed by atoms with Crippen molar-refractivity contribution in [2.75, 3.05) is 11.4 Å². The summed E-state index contributed by atoms with van der Waals surface area (Å²) in [4.78, 5) is 20.8. The number of aromatic carboxylic acids is 1. The first-order valence-electron chi connectivity index (χ1n) is 5.04. The smallest absolute Gasteiger partial charge is 0.356 e. The molecule has 1 heterocycles. The maximum absolute atomic E-state index is 10.7. The van der Waals surface area contributed by atoms with Gasteiger partial charge in [0.15, 0.2) is 5.69 Å². The predicted molar refractivity (Wildman–Crippen MR) is 55.0 cm³/mol. The summed E-state index contributed by atoms with van der Waals surface area (Å²) in [6, 6.07) is 0.522. The minimum absolute atomic E-state index is 0.00611. The molecule has 0 spiro atoms. The van der Waals surface area contributed by atoms with Crippen LogP contribution in [0, 0.1) is 0 Å². The highest BCUT2D eigenvalue weighted by Gasteiger charge is 2.29. The number of hydrogen-bond acceptors (Lipinski definition) is 4. The van der Waals surface area contributed by atoms with Gasteiger partial charge in [0.05, 0.1) is 12.4 Å². The molecule has 0 unspecified atom stereocenters. The number of carboxylic acids is 1. The summed E-state index contributed by atoms with van der Waals surface area (Å²) in [5.74, 6) is -0.365. The van der Waals surface area contributed by atoms with Crippen LogP contribution in [0.2, 0.25) is 0 Å². The summed E-state index contributed by atoms with van der Waals surface area (Å²) >= 11 is 0. The van der Waals surface area contributed by atoms with E-state index in [0.717, 1.165) is 19.4 Å². The Bertz CT molecular complexity index is 377. The maximum Gasteiger partial charge on any atom is 0.356 e. The summed E-state index contributed by atoms with van der Waals surface area (Å²) in [6.07, 6.45) is 5.21. The highest BCUT2D eigenvalue weighted by atomic mass is 16.4. The van der Waals surface area contributed by atoms with E-state index < -0.39 is 5.97 Å². The molecular formula is C10H13N3O2. The molecule has 1 saturated carbocycles. The molecule has 1 aromatic heterocycles. The van der Waals surface area contributed by atoms with Gasteiger partial charge in [0.1, 0.15) is 5.82 Å². The third-order valence-corrected chi connectivity index (χ3v) is 2.46. The molecule has 1 aromatic rings. The number of anilines is 1. The molecule has 0 aromatic carbocycles. The molecule has 80 valence electrons. The average Bonchev–Trinajstić information content (AvgIpc) is 3.04. The van der Waals surface area contributed by atoms with Gasteiger partial charge >= 0.3 is 5.97 Å². The Balaban J connectivity index is 2.26. The SMILES string of the molecule is CCN(c1cncc(C(=O)O)n1)C1CC1. The van der Waals surface area contributed by atoms with E-state index in [1.54, 1.807) is 6.20 Å². The molecule has 0 amide bonds. The number of carboxylic acid groups (broad SMARTS) is 1. The van der Waals surface area contributed by atoms with E-state index in [-0.39, 0.29) is 5.69 Å². The summed E-state index contributed by atoms with van der Waals surface area (Å²) in [5.41, 5.74) is 0.00611. The molecule has 0 bridgehead atoms. The van der Waals surface area contributed by atoms with Crippen LogP contribution < -0.4 is 4.90 Å². The maximum atomic E-state index is 10.7. The van der Waals surface area contributed by atoms with Gasteiger partial charge in [0.25, 0.3) is 0 Å². The van der Waals surface area contributed by atoms with Crippen LogP contribution in [0.15, 0.2) is 12.4 Å². The Morgan fingerprint density at radius 1 is 1.60 bits per heavy atom. The first kappa shape index (κ1) is 9.89. The third kappa shape index (κ3) is 2.06. The van der Waals surface area contributed by atoms with Crippen LogP contribution in [0.3, 0.4) is 0 Å². The van der Waals surface area contributed by atoms with E-state index in [1.807, 2.05) is 6.92 Å². The van der Waals surface area contributed by atoms with Gasteiger partial charge in [-0.15, -0.1) is 0 Å². The zero-order valence-corrected chi connectivity index (χ0v) is 8.55. The molecule has 1 aliphatic carbocycles. The first-order chi connectivity index (χ1) is 7.22. The summed E-state index contributed by atoms with van der Waals surface area (Å²) in [5, 5.41) is 8.80. The van der Waals surface area contributed by atoms with Crippen molar-refractivity contribution in [3.05, 3.63) is 18.1 Å². The van der Waals surface area contributed by atoms with Crippen LogP contribution in [0.5, 0.6) is 0 Å². The molecule has 1 N–H and O–H groups in total. The van der Waals surface area contributed by atoms with Crippen LogP contribution in [-0.4, -0.2) is 33.6 Å². The topological polar surface area (TPSA) is 66.3 Å². The standard InChI is InChI=1S/C10H13N3O2/c1-2-13(7-3-4-7)9-6-11-5-8(12-9)10(14)15/h5-7H,2-4H2,1H3,(H,14,15). The number of rotatable bonds is 4. The Hall–Kier alpha value is -1.65. The van der Waals surface area contributed by atoms with Crippen molar-refractivity contribution in [2.24, 2.45) is 0 Å². The molecule has 5 nitrogen and oxygen atoms in total. The van der Waals surface area contributed by atoms with Crippen molar-refractivity contribution in [1.29, 1.82) is 0 Å². The van der Waals surface area contributed by atoms with Gasteiger partial charge in [0.2, 0.25) is 0 Å². The van der Waals surface area contributed by atoms with Gasteiger partial charge in [-0.25, -0.2) is 9.78 Å². The highest BCUT2D eigenvalue weighted by molar-refractivity contribution is 5.85. The average molecular weight is 207 g/mol. The molecule has 0 aliphatic heterocycles. The molecule has 0 radical (unpaired) electrons. The molecule has 0 atom stereocenters. The quantitative estimate of drug-likeness (QED) is 0.802. The van der Waals surface area contributed by atoms with Crippen LogP contribution in [-0.2, 0) is 0 Å². The van der Waals surface area contributed by atoms with Gasteiger partial charge in [-0.05, 0) is 19.8 Å². The van der Waals surface area contributed by atoms with Gasteiger partial charge < -0.3 is 10.0 Å². The number of carbonyl (C=O) groups is 1. The minimum Gasteiger partial charge on any atom is -0.476 e. The van der Waals surface area contributed by atoms with Crippen molar-refractivity contribution < 1.29 is 9.90 Å².